The molecule has 37 heavy (non-hydrogen) atoms. The molecule has 0 saturated carbocycles. The Kier molecular flexibility index (Phi) is 4.47. The number of thiophene rings is 1. The molecule has 1 spiro atoms. The summed E-state index contributed by atoms with van der Waals surface area (Å²) in [4.78, 5) is 2.59. The highest BCUT2D eigenvalue weighted by Crippen LogP contribution is 2.68. The van der Waals surface area contributed by atoms with Crippen LogP contribution in [0.1, 0.15) is 22.3 Å². The Bertz CT molecular complexity index is 1780. The van der Waals surface area contributed by atoms with Gasteiger partial charge in [-0.1, -0.05) is 133 Å². The Morgan fingerprint density at radius 2 is 0.973 bits per heavy atom. The van der Waals surface area contributed by atoms with E-state index >= 15 is 0 Å². The van der Waals surface area contributed by atoms with Gasteiger partial charge in [-0.05, 0) is 50.6 Å². The summed E-state index contributed by atoms with van der Waals surface area (Å²) >= 11 is 9.02. The molecule has 0 radical (unpaired) electrons. The Labute approximate surface area is 225 Å². The number of benzene rings is 5. The lowest BCUT2D eigenvalue weighted by Crippen LogP contribution is -2.26. The number of hydrogen-bond donors (Lipinski definition) is 0. The van der Waals surface area contributed by atoms with Gasteiger partial charge in [-0.15, -0.1) is 11.3 Å². The monoisotopic (exact) mass is 508 g/mol. The summed E-state index contributed by atoms with van der Waals surface area (Å²) in [5.41, 5.74) is 12.5. The highest BCUT2D eigenvalue weighted by Gasteiger charge is 2.54. The molecule has 2 heteroatoms. The van der Waals surface area contributed by atoms with Crippen LogP contribution >= 0.6 is 22.9 Å². The molecule has 0 N–H and O–H groups in total. The summed E-state index contributed by atoms with van der Waals surface area (Å²) in [5, 5.41) is 0.812. The normalized spacial score (nSPS) is 13.8. The van der Waals surface area contributed by atoms with Crippen molar-refractivity contribution in [3.8, 4) is 43.1 Å². The maximum atomic E-state index is 7.13. The van der Waals surface area contributed by atoms with Crippen molar-refractivity contribution in [3.05, 3.63) is 155 Å². The molecule has 5 aromatic carbocycles. The standard InChI is InChI=1S/C35H21ClS/c36-29-21-11-20-28-30(29)31-32(35(28)26-18-9-7-16-24(26)25-17-8-10-19-27(25)35)34(23-14-5-2-6-15-23)37-33(31)22-12-3-1-4-13-22/h1-21H. The summed E-state index contributed by atoms with van der Waals surface area (Å²) in [6.45, 7) is 0. The fraction of sp³-hybridized carbons (Fsp3) is 0.0286. The highest BCUT2D eigenvalue weighted by molar-refractivity contribution is 7.19. The minimum absolute atomic E-state index is 0.419. The molecule has 2 aliphatic carbocycles. The van der Waals surface area contributed by atoms with E-state index in [1.165, 1.54) is 65.4 Å². The van der Waals surface area contributed by atoms with Crippen molar-refractivity contribution in [2.75, 3.05) is 0 Å². The van der Waals surface area contributed by atoms with Crippen molar-refractivity contribution in [1.82, 2.24) is 0 Å². The molecular formula is C35H21ClS. The molecule has 2 aliphatic rings. The third-order valence-corrected chi connectivity index (χ3v) is 9.58. The lowest BCUT2D eigenvalue weighted by Gasteiger charge is -2.31. The molecule has 0 bridgehead atoms. The van der Waals surface area contributed by atoms with Crippen LogP contribution < -0.4 is 0 Å². The first-order valence-electron chi connectivity index (χ1n) is 12.6. The number of halogens is 1. The fourth-order valence-electron chi connectivity index (χ4n) is 6.63. The molecule has 0 amide bonds. The maximum absolute atomic E-state index is 7.13. The number of fused-ring (bicyclic) bond motifs is 10. The van der Waals surface area contributed by atoms with E-state index in [1.807, 2.05) is 17.4 Å². The predicted molar refractivity (Wildman–Crippen MR) is 156 cm³/mol. The first kappa shape index (κ1) is 21.2. The average Bonchev–Trinajstić information content (AvgIpc) is 3.59. The molecule has 8 rings (SSSR count). The van der Waals surface area contributed by atoms with Crippen molar-refractivity contribution in [2.45, 2.75) is 5.41 Å². The van der Waals surface area contributed by atoms with Crippen LogP contribution in [0.25, 0.3) is 43.1 Å². The van der Waals surface area contributed by atoms with Gasteiger partial charge in [-0.25, -0.2) is 0 Å². The Morgan fingerprint density at radius 1 is 0.459 bits per heavy atom. The lowest BCUT2D eigenvalue weighted by molar-refractivity contribution is 0.798. The first-order valence-corrected chi connectivity index (χ1v) is 13.8. The minimum atomic E-state index is -0.419. The van der Waals surface area contributed by atoms with E-state index in [0.717, 1.165) is 5.02 Å². The lowest BCUT2D eigenvalue weighted by atomic mass is 9.70. The molecular weight excluding hydrogens is 488 g/mol. The van der Waals surface area contributed by atoms with Crippen molar-refractivity contribution in [1.29, 1.82) is 0 Å². The SMILES string of the molecule is Clc1cccc2c1-c1c(-c3ccccc3)sc(-c3ccccc3)c1C21c2ccccc2-c2ccccc21. The summed E-state index contributed by atoms with van der Waals surface area (Å²) in [5.74, 6) is 0. The molecule has 0 aliphatic heterocycles. The molecule has 1 aromatic heterocycles. The van der Waals surface area contributed by atoms with E-state index in [9.17, 15) is 0 Å². The zero-order chi connectivity index (χ0) is 24.6. The Morgan fingerprint density at radius 3 is 1.59 bits per heavy atom. The summed E-state index contributed by atoms with van der Waals surface area (Å²) < 4.78 is 0. The maximum Gasteiger partial charge on any atom is 0.0740 e. The summed E-state index contributed by atoms with van der Waals surface area (Å²) in [6.07, 6.45) is 0. The third-order valence-electron chi connectivity index (χ3n) is 7.98. The highest BCUT2D eigenvalue weighted by atomic mass is 35.5. The largest absolute Gasteiger partial charge is 0.134 e. The summed E-state index contributed by atoms with van der Waals surface area (Å²) in [7, 11) is 0. The zero-order valence-electron chi connectivity index (χ0n) is 19.9. The number of rotatable bonds is 2. The molecule has 6 aromatic rings. The van der Waals surface area contributed by atoms with Crippen LogP contribution in [-0.4, -0.2) is 0 Å². The molecule has 0 atom stereocenters. The Balaban J connectivity index is 1.62. The second-order valence-corrected chi connectivity index (χ2v) is 11.2. The van der Waals surface area contributed by atoms with Gasteiger partial charge >= 0.3 is 0 Å². The van der Waals surface area contributed by atoms with E-state index in [4.69, 9.17) is 11.6 Å². The summed E-state index contributed by atoms with van der Waals surface area (Å²) in [6, 6.07) is 46.0. The van der Waals surface area contributed by atoms with Gasteiger partial charge in [-0.2, -0.15) is 0 Å². The van der Waals surface area contributed by atoms with Crippen LogP contribution in [0.15, 0.2) is 127 Å². The van der Waals surface area contributed by atoms with Crippen LogP contribution in [-0.2, 0) is 5.41 Å². The zero-order valence-corrected chi connectivity index (χ0v) is 21.5. The van der Waals surface area contributed by atoms with E-state index in [2.05, 4.69) is 121 Å². The average molecular weight is 509 g/mol. The second kappa shape index (κ2) is 7.79. The van der Waals surface area contributed by atoms with Gasteiger partial charge in [0.05, 0.1) is 5.41 Å². The molecule has 0 nitrogen and oxygen atoms in total. The quantitative estimate of drug-likeness (QED) is 0.218. The van der Waals surface area contributed by atoms with Crippen LogP contribution in [0.4, 0.5) is 0 Å². The second-order valence-electron chi connectivity index (χ2n) is 9.75. The van der Waals surface area contributed by atoms with Crippen LogP contribution in [0.3, 0.4) is 0 Å². The first-order chi connectivity index (χ1) is 18.3. The van der Waals surface area contributed by atoms with Crippen molar-refractivity contribution in [3.63, 3.8) is 0 Å². The van der Waals surface area contributed by atoms with Gasteiger partial charge in [0.25, 0.3) is 0 Å². The minimum Gasteiger partial charge on any atom is -0.134 e. The van der Waals surface area contributed by atoms with Crippen LogP contribution in [0.2, 0.25) is 5.02 Å². The molecule has 0 unspecified atom stereocenters. The van der Waals surface area contributed by atoms with E-state index < -0.39 is 5.41 Å². The topological polar surface area (TPSA) is 0 Å². The van der Waals surface area contributed by atoms with E-state index in [-0.39, 0.29) is 0 Å². The predicted octanol–water partition coefficient (Wildman–Crippen LogP) is 10.1. The van der Waals surface area contributed by atoms with Gasteiger partial charge in [0, 0.05) is 25.9 Å². The molecule has 0 saturated heterocycles. The molecule has 1 heterocycles. The molecule has 174 valence electrons. The Hall–Kier alpha value is -3.91. The van der Waals surface area contributed by atoms with Crippen LogP contribution in [0.5, 0.6) is 0 Å². The van der Waals surface area contributed by atoms with Crippen LogP contribution in [0, 0.1) is 0 Å². The van der Waals surface area contributed by atoms with Crippen molar-refractivity contribution in [2.24, 2.45) is 0 Å². The van der Waals surface area contributed by atoms with Gasteiger partial charge in [-0.3, -0.25) is 0 Å². The van der Waals surface area contributed by atoms with Gasteiger partial charge in [0.2, 0.25) is 0 Å². The van der Waals surface area contributed by atoms with Gasteiger partial charge in [0.1, 0.15) is 0 Å². The third kappa shape index (κ3) is 2.68. The van der Waals surface area contributed by atoms with E-state index in [0.29, 0.717) is 0 Å². The number of hydrogen-bond acceptors (Lipinski definition) is 1. The van der Waals surface area contributed by atoms with Crippen molar-refractivity contribution >= 4 is 22.9 Å². The smallest absolute Gasteiger partial charge is 0.0740 e. The molecule has 0 fully saturated rings. The van der Waals surface area contributed by atoms with Crippen molar-refractivity contribution < 1.29 is 0 Å². The van der Waals surface area contributed by atoms with Gasteiger partial charge in [0.15, 0.2) is 0 Å². The van der Waals surface area contributed by atoms with Gasteiger partial charge < -0.3 is 0 Å². The van der Waals surface area contributed by atoms with E-state index in [1.54, 1.807) is 0 Å². The fourth-order valence-corrected chi connectivity index (χ4v) is 8.28.